The maximum atomic E-state index is 12.1. The molecule has 2 rings (SSSR count). The third kappa shape index (κ3) is 3.20. The van der Waals surface area contributed by atoms with Crippen molar-refractivity contribution in [1.29, 1.82) is 0 Å². The fraction of sp³-hybridized carbons (Fsp3) is 0.0769. The van der Waals surface area contributed by atoms with Crippen LogP contribution in [0.25, 0.3) is 0 Å². The Kier molecular flexibility index (Phi) is 4.47. The molecule has 0 aliphatic rings. The van der Waals surface area contributed by atoms with E-state index in [9.17, 15) is 9.59 Å². The Morgan fingerprint density at radius 3 is 2.55 bits per heavy atom. The summed E-state index contributed by atoms with van der Waals surface area (Å²) in [5, 5.41) is 11.7. The first kappa shape index (κ1) is 15.0. The van der Waals surface area contributed by atoms with Crippen molar-refractivity contribution in [3.63, 3.8) is 0 Å². The highest BCUT2D eigenvalue weighted by molar-refractivity contribution is 9.11. The van der Waals surface area contributed by atoms with Gasteiger partial charge in [0.1, 0.15) is 0 Å². The molecule has 0 aliphatic carbocycles. The number of anilines is 1. The van der Waals surface area contributed by atoms with Crippen molar-refractivity contribution in [1.82, 2.24) is 0 Å². The fourth-order valence-corrected chi connectivity index (χ4v) is 3.16. The number of aryl methyl sites for hydroxylation is 1. The topological polar surface area (TPSA) is 66.4 Å². The summed E-state index contributed by atoms with van der Waals surface area (Å²) in [5.74, 6) is -1.35. The Bertz CT molecular complexity index is 679. The van der Waals surface area contributed by atoms with Crippen LogP contribution in [0.3, 0.4) is 0 Å². The zero-order valence-corrected chi connectivity index (χ0v) is 13.4. The van der Waals surface area contributed by atoms with Crippen molar-refractivity contribution >= 4 is 56.4 Å². The molecule has 7 heteroatoms. The smallest absolute Gasteiger partial charge is 0.335 e. The molecule has 2 aromatic rings. The largest absolute Gasteiger partial charge is 0.478 e. The van der Waals surface area contributed by atoms with Gasteiger partial charge < -0.3 is 10.4 Å². The number of hydrogen-bond donors (Lipinski definition) is 2. The summed E-state index contributed by atoms with van der Waals surface area (Å²) in [6.07, 6.45) is 0. The van der Waals surface area contributed by atoms with E-state index in [2.05, 4.69) is 21.2 Å². The number of carboxylic acid groups (broad SMARTS) is 1. The van der Waals surface area contributed by atoms with Gasteiger partial charge in [-0.25, -0.2) is 4.79 Å². The number of carbonyl (C=O) groups is 2. The quantitative estimate of drug-likeness (QED) is 0.835. The number of thiophene rings is 1. The molecule has 1 aromatic heterocycles. The number of amides is 1. The minimum absolute atomic E-state index is 0.0720. The molecule has 1 heterocycles. The summed E-state index contributed by atoms with van der Waals surface area (Å²) in [5.41, 5.74) is 1.43. The molecule has 20 heavy (non-hydrogen) atoms. The van der Waals surface area contributed by atoms with Gasteiger partial charge in [-0.1, -0.05) is 11.6 Å². The van der Waals surface area contributed by atoms with Gasteiger partial charge in [0, 0.05) is 0 Å². The Balaban J connectivity index is 2.21. The summed E-state index contributed by atoms with van der Waals surface area (Å²) in [6.45, 7) is 1.89. The molecule has 0 aliphatic heterocycles. The van der Waals surface area contributed by atoms with Crippen LogP contribution in [0.4, 0.5) is 5.69 Å². The van der Waals surface area contributed by atoms with Gasteiger partial charge >= 0.3 is 5.97 Å². The monoisotopic (exact) mass is 373 g/mol. The summed E-state index contributed by atoms with van der Waals surface area (Å²) < 4.78 is 0.898. The van der Waals surface area contributed by atoms with Crippen LogP contribution in [-0.2, 0) is 0 Å². The average molecular weight is 375 g/mol. The molecule has 104 valence electrons. The minimum atomic E-state index is -1.07. The Hall–Kier alpha value is -1.37. The first-order valence-corrected chi connectivity index (χ1v) is 7.47. The highest BCUT2D eigenvalue weighted by atomic mass is 79.9. The first-order chi connectivity index (χ1) is 9.38. The third-order valence-corrected chi connectivity index (χ3v) is 4.99. The van der Waals surface area contributed by atoms with E-state index in [-0.39, 0.29) is 16.5 Å². The highest BCUT2D eigenvalue weighted by Gasteiger charge is 2.14. The molecule has 0 saturated heterocycles. The van der Waals surface area contributed by atoms with Gasteiger partial charge in [0.05, 0.1) is 24.9 Å². The van der Waals surface area contributed by atoms with Crippen molar-refractivity contribution in [2.45, 2.75) is 6.92 Å². The molecule has 1 aromatic carbocycles. The van der Waals surface area contributed by atoms with E-state index in [4.69, 9.17) is 16.7 Å². The van der Waals surface area contributed by atoms with Crippen molar-refractivity contribution in [3.8, 4) is 0 Å². The molecule has 2 N–H and O–H groups in total. The SMILES string of the molecule is Cc1cc(C(=O)Nc2ccc(C(=O)O)cc2Cl)sc1Br. The lowest BCUT2D eigenvalue weighted by Crippen LogP contribution is -2.11. The Morgan fingerprint density at radius 2 is 2.05 bits per heavy atom. The number of hydrogen-bond acceptors (Lipinski definition) is 3. The molecule has 0 unspecified atom stereocenters. The lowest BCUT2D eigenvalue weighted by atomic mass is 10.2. The van der Waals surface area contributed by atoms with E-state index in [0.29, 0.717) is 10.6 Å². The zero-order chi connectivity index (χ0) is 14.9. The predicted octanol–water partition coefficient (Wildman–Crippen LogP) is 4.42. The summed E-state index contributed by atoms with van der Waals surface area (Å²) in [6, 6.07) is 5.93. The molecule has 0 saturated carbocycles. The molecule has 0 spiro atoms. The van der Waals surface area contributed by atoms with E-state index in [1.165, 1.54) is 29.5 Å². The number of carbonyl (C=O) groups excluding carboxylic acids is 1. The van der Waals surface area contributed by atoms with E-state index in [1.807, 2.05) is 6.92 Å². The van der Waals surface area contributed by atoms with Crippen molar-refractivity contribution in [3.05, 3.63) is 49.1 Å². The van der Waals surface area contributed by atoms with Crippen LogP contribution in [-0.4, -0.2) is 17.0 Å². The standard InChI is InChI=1S/C13H9BrClNO3S/c1-6-4-10(20-11(6)14)12(17)16-9-3-2-7(13(18)19)5-8(9)15/h2-5H,1H3,(H,16,17)(H,18,19). The summed E-state index contributed by atoms with van der Waals surface area (Å²) in [7, 11) is 0. The van der Waals surface area contributed by atoms with Gasteiger partial charge in [-0.2, -0.15) is 0 Å². The number of nitrogens with one attached hydrogen (secondary N) is 1. The molecule has 0 bridgehead atoms. The van der Waals surface area contributed by atoms with Gasteiger partial charge in [0.2, 0.25) is 0 Å². The van der Waals surface area contributed by atoms with Gasteiger partial charge in [-0.3, -0.25) is 4.79 Å². The van der Waals surface area contributed by atoms with E-state index in [1.54, 1.807) is 6.07 Å². The second-order valence-electron chi connectivity index (χ2n) is 4.02. The maximum absolute atomic E-state index is 12.1. The van der Waals surface area contributed by atoms with Crippen LogP contribution >= 0.6 is 38.9 Å². The summed E-state index contributed by atoms with van der Waals surface area (Å²) >= 11 is 10.6. The van der Waals surface area contributed by atoms with Crippen molar-refractivity contribution in [2.75, 3.05) is 5.32 Å². The normalized spacial score (nSPS) is 10.3. The minimum Gasteiger partial charge on any atom is -0.478 e. The van der Waals surface area contributed by atoms with E-state index >= 15 is 0 Å². The van der Waals surface area contributed by atoms with Gasteiger partial charge in [0.25, 0.3) is 5.91 Å². The molecular weight excluding hydrogens is 366 g/mol. The summed E-state index contributed by atoms with van der Waals surface area (Å²) in [4.78, 5) is 23.4. The molecule has 0 fully saturated rings. The third-order valence-electron chi connectivity index (χ3n) is 2.55. The van der Waals surface area contributed by atoms with Crippen LogP contribution in [0.1, 0.15) is 25.6 Å². The molecular formula is C13H9BrClNO3S. The lowest BCUT2D eigenvalue weighted by Gasteiger charge is -2.06. The maximum Gasteiger partial charge on any atom is 0.335 e. The van der Waals surface area contributed by atoms with Gasteiger partial charge in [-0.15, -0.1) is 11.3 Å². The lowest BCUT2D eigenvalue weighted by molar-refractivity contribution is 0.0696. The number of halogens is 2. The van der Waals surface area contributed by atoms with Crippen LogP contribution in [0, 0.1) is 6.92 Å². The molecule has 1 amide bonds. The van der Waals surface area contributed by atoms with E-state index in [0.717, 1.165) is 9.35 Å². The van der Waals surface area contributed by atoms with Crippen LogP contribution in [0.5, 0.6) is 0 Å². The molecule has 0 atom stereocenters. The van der Waals surface area contributed by atoms with Crippen molar-refractivity contribution < 1.29 is 14.7 Å². The number of benzene rings is 1. The Morgan fingerprint density at radius 1 is 1.35 bits per heavy atom. The fourth-order valence-electron chi connectivity index (χ4n) is 1.51. The van der Waals surface area contributed by atoms with Crippen LogP contribution < -0.4 is 5.32 Å². The molecule has 0 radical (unpaired) electrons. The highest BCUT2D eigenvalue weighted by Crippen LogP contribution is 2.29. The van der Waals surface area contributed by atoms with Crippen LogP contribution in [0.15, 0.2) is 28.1 Å². The van der Waals surface area contributed by atoms with Crippen molar-refractivity contribution in [2.24, 2.45) is 0 Å². The first-order valence-electron chi connectivity index (χ1n) is 5.48. The Labute approximate surface area is 132 Å². The second-order valence-corrected chi connectivity index (χ2v) is 6.80. The number of rotatable bonds is 3. The van der Waals surface area contributed by atoms with E-state index < -0.39 is 5.97 Å². The zero-order valence-electron chi connectivity index (χ0n) is 10.2. The molecule has 4 nitrogen and oxygen atoms in total. The number of aromatic carboxylic acids is 1. The predicted molar refractivity (Wildman–Crippen MR) is 83.1 cm³/mol. The number of carboxylic acids is 1. The van der Waals surface area contributed by atoms with Gasteiger partial charge in [-0.05, 0) is 52.7 Å². The van der Waals surface area contributed by atoms with Gasteiger partial charge in [0.15, 0.2) is 0 Å². The van der Waals surface area contributed by atoms with Crippen LogP contribution in [0.2, 0.25) is 5.02 Å². The second kappa shape index (κ2) is 5.95. The average Bonchev–Trinajstić information content (AvgIpc) is 2.72.